The van der Waals surface area contributed by atoms with Crippen molar-refractivity contribution in [3.05, 3.63) is 30.1 Å². The van der Waals surface area contributed by atoms with E-state index in [1.54, 1.807) is 23.9 Å². The average molecular weight is 344 g/mol. The van der Waals surface area contributed by atoms with E-state index in [-0.39, 0.29) is 30.2 Å². The number of carbonyl (C=O) groups is 1. The van der Waals surface area contributed by atoms with Crippen molar-refractivity contribution in [3.63, 3.8) is 0 Å². The van der Waals surface area contributed by atoms with Gasteiger partial charge < -0.3 is 10.2 Å². The summed E-state index contributed by atoms with van der Waals surface area (Å²) in [4.78, 5) is 18.8. The highest BCUT2D eigenvalue weighted by Gasteiger charge is 2.31. The molecule has 120 valence electrons. The molecule has 1 aliphatic heterocycles. The number of amidine groups is 1. The van der Waals surface area contributed by atoms with Crippen LogP contribution in [0.1, 0.15) is 19.3 Å². The number of halogens is 2. The van der Waals surface area contributed by atoms with Crippen molar-refractivity contribution in [2.45, 2.75) is 31.3 Å². The van der Waals surface area contributed by atoms with Crippen molar-refractivity contribution < 1.29 is 9.18 Å². The molecule has 4 nitrogen and oxygen atoms in total. The molecule has 1 aliphatic carbocycles. The number of carbonyl (C=O) groups excluding carboxylic acids is 1. The van der Waals surface area contributed by atoms with E-state index in [2.05, 4.69) is 15.2 Å². The van der Waals surface area contributed by atoms with Crippen LogP contribution < -0.4 is 5.32 Å². The van der Waals surface area contributed by atoms with Crippen LogP contribution in [0.2, 0.25) is 0 Å². The molecule has 1 saturated carbocycles. The third-order valence-electron chi connectivity index (χ3n) is 3.64. The van der Waals surface area contributed by atoms with Crippen molar-refractivity contribution in [2.24, 2.45) is 4.99 Å². The fraction of sp³-hybridized carbons (Fsp3) is 0.467. The minimum absolute atomic E-state index is 0. The Morgan fingerprint density at radius 3 is 2.73 bits per heavy atom. The van der Waals surface area contributed by atoms with Crippen LogP contribution in [0, 0.1) is 5.82 Å². The smallest absolute Gasteiger partial charge is 0.226 e. The Hall–Kier alpha value is -1.27. The first kappa shape index (κ1) is 17.1. The Morgan fingerprint density at radius 1 is 1.41 bits per heavy atom. The van der Waals surface area contributed by atoms with Crippen LogP contribution in [0.25, 0.3) is 0 Å². The summed E-state index contributed by atoms with van der Waals surface area (Å²) >= 11 is 1.72. The van der Waals surface area contributed by atoms with Crippen LogP contribution in [0.15, 0.2) is 29.3 Å². The first-order valence-corrected chi connectivity index (χ1v) is 8.09. The number of thioether (sulfide) groups is 1. The fourth-order valence-corrected chi connectivity index (χ4v) is 3.44. The number of nitrogens with one attached hydrogen (secondary N) is 1. The first-order valence-electron chi connectivity index (χ1n) is 7.10. The second-order valence-electron chi connectivity index (χ2n) is 5.48. The summed E-state index contributed by atoms with van der Waals surface area (Å²) < 4.78 is 12.8. The van der Waals surface area contributed by atoms with Crippen LogP contribution in [0.3, 0.4) is 0 Å². The van der Waals surface area contributed by atoms with Crippen molar-refractivity contribution in [1.29, 1.82) is 0 Å². The van der Waals surface area contributed by atoms with Gasteiger partial charge in [-0.1, -0.05) is 11.8 Å². The second-order valence-corrected chi connectivity index (χ2v) is 6.46. The fourth-order valence-electron chi connectivity index (χ4n) is 2.18. The molecule has 1 heterocycles. The highest BCUT2D eigenvalue weighted by molar-refractivity contribution is 8.14. The predicted octanol–water partition coefficient (Wildman–Crippen LogP) is 3.14. The molecule has 1 saturated heterocycles. The third kappa shape index (κ3) is 4.36. The van der Waals surface area contributed by atoms with E-state index >= 15 is 0 Å². The molecular formula is C15H19ClFN3OS. The van der Waals surface area contributed by atoms with E-state index < -0.39 is 0 Å². The minimum Gasteiger partial charge on any atom is -0.350 e. The van der Waals surface area contributed by atoms with Gasteiger partial charge >= 0.3 is 0 Å². The third-order valence-corrected chi connectivity index (χ3v) is 4.85. The SMILES string of the molecule is CN1C(=NC2CC2)SCC1CC(=O)Nc1ccc(F)cc1.Cl. The lowest BCUT2D eigenvalue weighted by Crippen LogP contribution is -2.33. The van der Waals surface area contributed by atoms with Crippen molar-refractivity contribution >= 4 is 40.9 Å². The number of benzene rings is 1. The van der Waals surface area contributed by atoms with Gasteiger partial charge in [-0.25, -0.2) is 4.39 Å². The highest BCUT2D eigenvalue weighted by atomic mass is 35.5. The van der Waals surface area contributed by atoms with Gasteiger partial charge in [0.25, 0.3) is 0 Å². The van der Waals surface area contributed by atoms with E-state index in [0.29, 0.717) is 18.2 Å². The lowest BCUT2D eigenvalue weighted by atomic mass is 10.2. The molecule has 1 atom stereocenters. The number of aliphatic imine (C=N–C) groups is 1. The molecule has 1 N–H and O–H groups in total. The summed E-state index contributed by atoms with van der Waals surface area (Å²) in [7, 11) is 2.00. The van der Waals surface area contributed by atoms with Gasteiger partial charge in [0.2, 0.25) is 5.91 Å². The zero-order chi connectivity index (χ0) is 14.8. The minimum atomic E-state index is -0.305. The van der Waals surface area contributed by atoms with E-state index in [0.717, 1.165) is 10.9 Å². The van der Waals surface area contributed by atoms with Crippen LogP contribution in [0.5, 0.6) is 0 Å². The highest BCUT2D eigenvalue weighted by Crippen LogP contribution is 2.30. The molecule has 7 heteroatoms. The lowest BCUT2D eigenvalue weighted by molar-refractivity contribution is -0.116. The molecule has 0 bridgehead atoms. The van der Waals surface area contributed by atoms with E-state index in [1.165, 1.54) is 25.0 Å². The van der Waals surface area contributed by atoms with Crippen LogP contribution in [-0.2, 0) is 4.79 Å². The van der Waals surface area contributed by atoms with Crippen LogP contribution >= 0.6 is 24.2 Å². The molecule has 1 aromatic rings. The average Bonchev–Trinajstić information content (AvgIpc) is 3.21. The molecule has 2 fully saturated rings. The van der Waals surface area contributed by atoms with Gasteiger partial charge in [-0.05, 0) is 37.1 Å². The summed E-state index contributed by atoms with van der Waals surface area (Å²) in [6, 6.07) is 6.50. The molecule has 3 rings (SSSR count). The molecule has 22 heavy (non-hydrogen) atoms. The zero-order valence-electron chi connectivity index (χ0n) is 12.3. The molecule has 0 spiro atoms. The molecule has 0 radical (unpaired) electrons. The number of nitrogens with zero attached hydrogens (tertiary/aromatic N) is 2. The summed E-state index contributed by atoms with van der Waals surface area (Å²) in [6.07, 6.45) is 2.80. The van der Waals surface area contributed by atoms with Gasteiger partial charge in [0.1, 0.15) is 5.82 Å². The van der Waals surface area contributed by atoms with Crippen LogP contribution in [0.4, 0.5) is 10.1 Å². The Labute approximate surface area is 140 Å². The van der Waals surface area contributed by atoms with Gasteiger partial charge in [-0.15, -0.1) is 12.4 Å². The second kappa shape index (κ2) is 7.33. The predicted molar refractivity (Wildman–Crippen MR) is 91.4 cm³/mol. The van der Waals surface area contributed by atoms with Crippen molar-refractivity contribution in [1.82, 2.24) is 4.90 Å². The molecule has 1 aromatic carbocycles. The number of amides is 1. The van der Waals surface area contributed by atoms with Gasteiger partial charge in [0, 0.05) is 31.0 Å². The Kier molecular flexibility index (Phi) is 5.69. The lowest BCUT2D eigenvalue weighted by Gasteiger charge is -2.20. The summed E-state index contributed by atoms with van der Waals surface area (Å²) in [5.41, 5.74) is 0.626. The van der Waals surface area contributed by atoms with Gasteiger partial charge in [-0.2, -0.15) is 0 Å². The topological polar surface area (TPSA) is 44.7 Å². The number of hydrogen-bond acceptors (Lipinski definition) is 3. The Bertz CT molecular complexity index is 562. The van der Waals surface area contributed by atoms with E-state index in [9.17, 15) is 9.18 Å². The molecule has 2 aliphatic rings. The maximum atomic E-state index is 12.8. The quantitative estimate of drug-likeness (QED) is 0.913. The van der Waals surface area contributed by atoms with E-state index in [1.807, 2.05) is 7.05 Å². The summed E-state index contributed by atoms with van der Waals surface area (Å²) in [5, 5.41) is 3.86. The molecule has 1 amide bonds. The maximum Gasteiger partial charge on any atom is 0.226 e. The van der Waals surface area contributed by atoms with Crippen LogP contribution in [-0.4, -0.2) is 40.9 Å². The molecule has 1 unspecified atom stereocenters. The van der Waals surface area contributed by atoms with Crippen molar-refractivity contribution in [3.8, 4) is 0 Å². The van der Waals surface area contributed by atoms with Crippen molar-refractivity contribution in [2.75, 3.05) is 18.1 Å². The molecular weight excluding hydrogens is 325 g/mol. The van der Waals surface area contributed by atoms with Gasteiger partial charge in [-0.3, -0.25) is 9.79 Å². The van der Waals surface area contributed by atoms with E-state index in [4.69, 9.17) is 0 Å². The number of anilines is 1. The summed E-state index contributed by atoms with van der Waals surface area (Å²) in [5.74, 6) is 0.534. The normalized spacial score (nSPS) is 22.5. The Morgan fingerprint density at radius 2 is 2.09 bits per heavy atom. The number of rotatable bonds is 4. The maximum absolute atomic E-state index is 12.8. The standard InChI is InChI=1S/C15H18FN3OS.ClH/c1-19-13(9-21-15(19)18-12-6-7-12)8-14(20)17-11-4-2-10(16)3-5-11;/h2-5,12-13H,6-9H2,1H3,(H,17,20);1H. The monoisotopic (exact) mass is 343 g/mol. The molecule has 0 aromatic heterocycles. The van der Waals surface area contributed by atoms with Gasteiger partial charge in [0.05, 0.1) is 6.04 Å². The Balaban J connectivity index is 0.00000176. The largest absolute Gasteiger partial charge is 0.350 e. The summed E-state index contributed by atoms with van der Waals surface area (Å²) in [6.45, 7) is 0. The number of hydrogen-bond donors (Lipinski definition) is 1. The zero-order valence-corrected chi connectivity index (χ0v) is 13.9. The van der Waals surface area contributed by atoms with Gasteiger partial charge in [0.15, 0.2) is 5.17 Å². The first-order chi connectivity index (χ1) is 10.1.